The number of fused-ring (bicyclic) bond motifs is 1. The highest BCUT2D eigenvalue weighted by Crippen LogP contribution is 2.19. The molecular weight excluding hydrogens is 366 g/mol. The average molecular weight is 389 g/mol. The zero-order valence-corrected chi connectivity index (χ0v) is 16.0. The zero-order valence-electron chi connectivity index (χ0n) is 15.2. The summed E-state index contributed by atoms with van der Waals surface area (Å²) in [5.41, 5.74) is 5.70. The number of nitrogens with two attached hydrogens (primary N) is 1. The van der Waals surface area contributed by atoms with Crippen LogP contribution >= 0.6 is 11.8 Å². The van der Waals surface area contributed by atoms with Crippen LogP contribution in [0.5, 0.6) is 0 Å². The first-order chi connectivity index (χ1) is 12.9. The minimum atomic E-state index is -1.02. The van der Waals surface area contributed by atoms with Crippen LogP contribution in [0.15, 0.2) is 42.5 Å². The lowest BCUT2D eigenvalue weighted by Gasteiger charge is -2.19. The standard InChI is InChI=1S/C19H23N3O4S/c1-12(26-18(24)16(9-10-27-2)22-19(20)25)17(23)21-15-8-7-13-5-3-4-6-14(13)11-15/h3-8,11-12,16H,9-10H2,1-2H3,(H,21,23)(H3,20,22,25)/t12-,16-/m1/s1. The molecule has 0 heterocycles. The van der Waals surface area contributed by atoms with E-state index in [4.69, 9.17) is 10.5 Å². The molecule has 0 saturated carbocycles. The molecule has 7 nitrogen and oxygen atoms in total. The van der Waals surface area contributed by atoms with Gasteiger partial charge in [-0.15, -0.1) is 0 Å². The molecule has 0 fully saturated rings. The van der Waals surface area contributed by atoms with Gasteiger partial charge in [-0.2, -0.15) is 11.8 Å². The fraction of sp³-hybridized carbons (Fsp3) is 0.316. The third kappa shape index (κ3) is 6.18. The van der Waals surface area contributed by atoms with Crippen molar-refractivity contribution >= 4 is 46.1 Å². The summed E-state index contributed by atoms with van der Waals surface area (Å²) in [6.45, 7) is 1.48. The number of esters is 1. The van der Waals surface area contributed by atoms with Crippen LogP contribution < -0.4 is 16.4 Å². The number of nitrogens with one attached hydrogen (secondary N) is 2. The largest absolute Gasteiger partial charge is 0.451 e. The maximum absolute atomic E-state index is 12.3. The third-order valence-corrected chi connectivity index (χ3v) is 4.53. The van der Waals surface area contributed by atoms with Crippen LogP contribution in [0.4, 0.5) is 10.5 Å². The molecule has 144 valence electrons. The quantitative estimate of drug-likeness (QED) is 0.601. The van der Waals surface area contributed by atoms with Crippen LogP contribution in [0.3, 0.4) is 0 Å². The van der Waals surface area contributed by atoms with Crippen molar-refractivity contribution in [3.05, 3.63) is 42.5 Å². The van der Waals surface area contributed by atoms with E-state index in [9.17, 15) is 14.4 Å². The van der Waals surface area contributed by atoms with Gasteiger partial charge in [-0.25, -0.2) is 9.59 Å². The van der Waals surface area contributed by atoms with E-state index in [2.05, 4.69) is 10.6 Å². The van der Waals surface area contributed by atoms with Gasteiger partial charge in [0.05, 0.1) is 0 Å². The molecule has 27 heavy (non-hydrogen) atoms. The molecule has 0 aromatic heterocycles. The Balaban J connectivity index is 1.98. The maximum Gasteiger partial charge on any atom is 0.329 e. The smallest absolute Gasteiger partial charge is 0.329 e. The topological polar surface area (TPSA) is 111 Å². The Labute approximate surface area is 162 Å². The van der Waals surface area contributed by atoms with Gasteiger partial charge in [0.15, 0.2) is 6.10 Å². The van der Waals surface area contributed by atoms with Gasteiger partial charge in [0.1, 0.15) is 6.04 Å². The van der Waals surface area contributed by atoms with Crippen molar-refractivity contribution in [2.45, 2.75) is 25.5 Å². The van der Waals surface area contributed by atoms with E-state index < -0.39 is 30.1 Å². The third-order valence-electron chi connectivity index (χ3n) is 3.89. The van der Waals surface area contributed by atoms with Crippen molar-refractivity contribution in [1.29, 1.82) is 0 Å². The molecule has 0 unspecified atom stereocenters. The summed E-state index contributed by atoms with van der Waals surface area (Å²) in [5, 5.41) is 7.13. The van der Waals surface area contributed by atoms with Crippen LogP contribution in [0.2, 0.25) is 0 Å². The van der Waals surface area contributed by atoms with Crippen molar-refractivity contribution in [2.75, 3.05) is 17.3 Å². The molecule has 0 aliphatic carbocycles. The van der Waals surface area contributed by atoms with Crippen LogP contribution in [-0.2, 0) is 14.3 Å². The molecule has 0 bridgehead atoms. The fourth-order valence-corrected chi connectivity index (χ4v) is 2.95. The molecule has 2 rings (SSSR count). The Kier molecular flexibility index (Phi) is 7.48. The second-order valence-electron chi connectivity index (χ2n) is 5.97. The molecule has 3 amide bonds. The summed E-state index contributed by atoms with van der Waals surface area (Å²) < 4.78 is 5.20. The number of thioether (sulfide) groups is 1. The first-order valence-electron chi connectivity index (χ1n) is 8.45. The van der Waals surface area contributed by atoms with Crippen molar-refractivity contribution in [3.63, 3.8) is 0 Å². The van der Waals surface area contributed by atoms with Crippen LogP contribution in [0.25, 0.3) is 10.8 Å². The predicted molar refractivity (Wildman–Crippen MR) is 108 cm³/mol. The molecule has 0 saturated heterocycles. The summed E-state index contributed by atoms with van der Waals surface area (Å²) in [5.74, 6) is -0.511. The Morgan fingerprint density at radius 2 is 1.85 bits per heavy atom. The highest BCUT2D eigenvalue weighted by Gasteiger charge is 2.25. The fourth-order valence-electron chi connectivity index (χ4n) is 2.48. The van der Waals surface area contributed by atoms with Crippen molar-refractivity contribution in [2.24, 2.45) is 5.73 Å². The minimum Gasteiger partial charge on any atom is -0.451 e. The number of anilines is 1. The zero-order chi connectivity index (χ0) is 19.8. The first kappa shape index (κ1) is 20.6. The van der Waals surface area contributed by atoms with Gasteiger partial charge in [0.2, 0.25) is 0 Å². The Bertz CT molecular complexity index is 827. The first-order valence-corrected chi connectivity index (χ1v) is 9.85. The van der Waals surface area contributed by atoms with Gasteiger partial charge in [0, 0.05) is 5.69 Å². The SMILES string of the molecule is CSCC[C@@H](NC(N)=O)C(=O)O[C@H](C)C(=O)Nc1ccc2ccccc2c1. The number of rotatable bonds is 8. The highest BCUT2D eigenvalue weighted by atomic mass is 32.2. The number of hydrogen-bond acceptors (Lipinski definition) is 5. The second kappa shape index (κ2) is 9.82. The number of hydrogen-bond donors (Lipinski definition) is 3. The Hall–Kier alpha value is -2.74. The highest BCUT2D eigenvalue weighted by molar-refractivity contribution is 7.98. The number of benzene rings is 2. The summed E-state index contributed by atoms with van der Waals surface area (Å²) in [7, 11) is 0. The lowest BCUT2D eigenvalue weighted by atomic mass is 10.1. The van der Waals surface area contributed by atoms with Crippen LogP contribution in [0.1, 0.15) is 13.3 Å². The molecule has 0 aliphatic heterocycles. The van der Waals surface area contributed by atoms with E-state index >= 15 is 0 Å². The minimum absolute atomic E-state index is 0.363. The van der Waals surface area contributed by atoms with Crippen molar-refractivity contribution in [1.82, 2.24) is 5.32 Å². The van der Waals surface area contributed by atoms with Gasteiger partial charge in [0.25, 0.3) is 5.91 Å². The number of carbonyl (C=O) groups excluding carboxylic acids is 3. The Morgan fingerprint density at radius 3 is 2.52 bits per heavy atom. The average Bonchev–Trinajstić information content (AvgIpc) is 2.64. The molecule has 2 aromatic rings. The maximum atomic E-state index is 12.3. The molecule has 2 aromatic carbocycles. The van der Waals surface area contributed by atoms with Gasteiger partial charge < -0.3 is 21.1 Å². The molecule has 8 heteroatoms. The van der Waals surface area contributed by atoms with E-state index in [1.165, 1.54) is 18.7 Å². The molecule has 0 spiro atoms. The van der Waals surface area contributed by atoms with E-state index in [-0.39, 0.29) is 0 Å². The number of urea groups is 1. The summed E-state index contributed by atoms with van der Waals surface area (Å²) in [4.78, 5) is 35.6. The molecule has 0 radical (unpaired) electrons. The van der Waals surface area contributed by atoms with E-state index in [0.717, 1.165) is 10.8 Å². The monoisotopic (exact) mass is 389 g/mol. The second-order valence-corrected chi connectivity index (χ2v) is 6.96. The van der Waals surface area contributed by atoms with Gasteiger partial charge in [-0.05, 0) is 48.3 Å². The van der Waals surface area contributed by atoms with Gasteiger partial charge in [-0.1, -0.05) is 30.3 Å². The summed E-state index contributed by atoms with van der Waals surface area (Å²) in [6.07, 6.45) is 1.23. The molecule has 0 aliphatic rings. The van der Waals surface area contributed by atoms with Crippen LogP contribution in [0, 0.1) is 0 Å². The number of carbonyl (C=O) groups is 3. The van der Waals surface area contributed by atoms with E-state index in [1.54, 1.807) is 6.07 Å². The van der Waals surface area contributed by atoms with E-state index in [0.29, 0.717) is 17.9 Å². The van der Waals surface area contributed by atoms with Crippen LogP contribution in [-0.4, -0.2) is 42.1 Å². The number of ether oxygens (including phenoxy) is 1. The summed E-state index contributed by atoms with van der Waals surface area (Å²) >= 11 is 1.52. The number of primary amides is 1. The van der Waals surface area contributed by atoms with Gasteiger partial charge >= 0.3 is 12.0 Å². The van der Waals surface area contributed by atoms with E-state index in [1.807, 2.05) is 42.7 Å². The van der Waals surface area contributed by atoms with Crippen molar-refractivity contribution < 1.29 is 19.1 Å². The predicted octanol–water partition coefficient (Wildman–Crippen LogP) is 2.50. The van der Waals surface area contributed by atoms with Gasteiger partial charge in [-0.3, -0.25) is 4.79 Å². The molecular formula is C19H23N3O4S. The lowest BCUT2D eigenvalue weighted by Crippen LogP contribution is -2.46. The molecule has 4 N–H and O–H groups in total. The van der Waals surface area contributed by atoms with Crippen molar-refractivity contribution in [3.8, 4) is 0 Å². The normalized spacial score (nSPS) is 12.8. The Morgan fingerprint density at radius 1 is 1.15 bits per heavy atom. The molecule has 2 atom stereocenters. The number of amides is 3. The summed E-state index contributed by atoms with van der Waals surface area (Å²) in [6, 6.07) is 11.6. The lowest BCUT2D eigenvalue weighted by molar-refractivity contribution is -0.155.